The van der Waals surface area contributed by atoms with E-state index in [1.165, 1.54) is 6.07 Å². The number of nitrogens with one attached hydrogen (secondary N) is 1. The Balaban J connectivity index is 2.04. The first-order chi connectivity index (χ1) is 10.6. The zero-order chi connectivity index (χ0) is 16.2. The van der Waals surface area contributed by atoms with E-state index < -0.39 is 4.92 Å². The summed E-state index contributed by atoms with van der Waals surface area (Å²) in [5.41, 5.74) is 0.535. The van der Waals surface area contributed by atoms with Crippen LogP contribution in [0.25, 0.3) is 0 Å². The molecule has 0 atom stereocenters. The Bertz CT molecular complexity index is 479. The highest BCUT2D eigenvalue weighted by atomic mass is 16.6. The molecular weight excluding hydrogens is 288 g/mol. The molecule has 0 saturated carbocycles. The quantitative estimate of drug-likeness (QED) is 0.362. The van der Waals surface area contributed by atoms with Gasteiger partial charge in [0.05, 0.1) is 24.7 Å². The molecule has 0 fully saturated rings. The molecule has 1 aromatic carbocycles. The molecule has 0 aromatic heterocycles. The van der Waals surface area contributed by atoms with E-state index in [0.29, 0.717) is 45.1 Å². The van der Waals surface area contributed by atoms with E-state index >= 15 is 0 Å². The number of rotatable bonds is 12. The lowest BCUT2D eigenvalue weighted by atomic mass is 10.2. The maximum atomic E-state index is 10.8. The highest BCUT2D eigenvalue weighted by molar-refractivity contribution is 5.75. The molecule has 122 valence electrons. The molecule has 7 nitrogen and oxygen atoms in total. The normalized spacial score (nSPS) is 10.4. The van der Waals surface area contributed by atoms with Gasteiger partial charge in [-0.3, -0.25) is 10.1 Å². The van der Waals surface area contributed by atoms with Gasteiger partial charge >= 0.3 is 0 Å². The van der Waals surface area contributed by atoms with Crippen LogP contribution in [0, 0.1) is 10.1 Å². The van der Waals surface area contributed by atoms with E-state index in [4.69, 9.17) is 9.47 Å². The highest BCUT2D eigenvalue weighted by Gasteiger charge is 2.10. The van der Waals surface area contributed by atoms with Crippen LogP contribution in [0.3, 0.4) is 0 Å². The fourth-order valence-corrected chi connectivity index (χ4v) is 1.79. The summed E-state index contributed by atoms with van der Waals surface area (Å²) in [6.07, 6.45) is 1.27. The lowest BCUT2D eigenvalue weighted by molar-refractivity contribution is -0.384. The topological polar surface area (TPSA) is 90.7 Å². The van der Waals surface area contributed by atoms with Gasteiger partial charge in [0, 0.05) is 25.6 Å². The third-order valence-electron chi connectivity index (χ3n) is 2.85. The Morgan fingerprint density at radius 2 is 1.86 bits per heavy atom. The molecule has 1 rings (SSSR count). The molecule has 22 heavy (non-hydrogen) atoms. The fraction of sp³-hybridized carbons (Fsp3) is 0.533. The van der Waals surface area contributed by atoms with Crippen molar-refractivity contribution in [2.75, 3.05) is 38.3 Å². The number of nitrogens with zero attached hydrogens (tertiary/aromatic N) is 1. The molecular formula is C15H22N2O5. The van der Waals surface area contributed by atoms with E-state index in [9.17, 15) is 14.9 Å². The molecule has 0 unspecified atom stereocenters. The monoisotopic (exact) mass is 310 g/mol. The van der Waals surface area contributed by atoms with Crippen LogP contribution in [0.4, 0.5) is 11.4 Å². The van der Waals surface area contributed by atoms with Gasteiger partial charge in [-0.2, -0.15) is 0 Å². The summed E-state index contributed by atoms with van der Waals surface area (Å²) >= 11 is 0. The van der Waals surface area contributed by atoms with Crippen LogP contribution in [0.1, 0.15) is 19.8 Å². The zero-order valence-electron chi connectivity index (χ0n) is 12.7. The Kier molecular flexibility index (Phi) is 8.78. The number of anilines is 1. The molecule has 0 saturated heterocycles. The molecule has 0 aliphatic carbocycles. The predicted octanol–water partition coefficient (Wildman–Crippen LogP) is 2.41. The Hall–Kier alpha value is -1.99. The molecule has 0 radical (unpaired) electrons. The lowest BCUT2D eigenvalue weighted by Gasteiger charge is -2.08. The second-order valence-corrected chi connectivity index (χ2v) is 4.73. The summed E-state index contributed by atoms with van der Waals surface area (Å²) in [5.74, 6) is 0.168. The molecule has 0 heterocycles. The second kappa shape index (κ2) is 10.7. The molecule has 0 bridgehead atoms. The predicted molar refractivity (Wildman–Crippen MR) is 83.1 cm³/mol. The van der Waals surface area contributed by atoms with Crippen molar-refractivity contribution in [2.24, 2.45) is 0 Å². The largest absolute Gasteiger partial charge is 0.379 e. The molecule has 0 amide bonds. The summed E-state index contributed by atoms with van der Waals surface area (Å²) in [5, 5.41) is 13.8. The number of para-hydroxylation sites is 2. The van der Waals surface area contributed by atoms with Crippen molar-refractivity contribution in [3.05, 3.63) is 34.4 Å². The first kappa shape index (κ1) is 18.1. The Morgan fingerprint density at radius 1 is 1.18 bits per heavy atom. The minimum atomic E-state index is -0.419. The maximum Gasteiger partial charge on any atom is 0.292 e. The standard InChI is InChI=1S/C15H22N2O5/c1-13(18)5-4-9-21-11-12-22-10-8-16-14-6-2-3-7-15(14)17(19)20/h2-3,6-7,16H,4-5,8-12H2,1H3. The van der Waals surface area contributed by atoms with E-state index in [-0.39, 0.29) is 11.5 Å². The number of hydrogen-bond donors (Lipinski definition) is 1. The number of carbonyl (C=O) groups excluding carboxylic acids is 1. The second-order valence-electron chi connectivity index (χ2n) is 4.73. The van der Waals surface area contributed by atoms with Gasteiger partial charge in [0.15, 0.2) is 0 Å². The minimum Gasteiger partial charge on any atom is -0.379 e. The first-order valence-corrected chi connectivity index (χ1v) is 7.23. The number of ketones is 1. The summed E-state index contributed by atoms with van der Waals surface area (Å²) in [7, 11) is 0. The van der Waals surface area contributed by atoms with Crippen LogP contribution in [-0.2, 0) is 14.3 Å². The number of benzene rings is 1. The molecule has 0 spiro atoms. The van der Waals surface area contributed by atoms with Gasteiger partial charge < -0.3 is 19.6 Å². The molecule has 1 N–H and O–H groups in total. The molecule has 7 heteroatoms. The van der Waals surface area contributed by atoms with Gasteiger partial charge in [-0.25, -0.2) is 0 Å². The molecule has 0 aliphatic rings. The summed E-state index contributed by atoms with van der Waals surface area (Å²) in [4.78, 5) is 21.1. The van der Waals surface area contributed by atoms with E-state index in [0.717, 1.165) is 6.42 Å². The van der Waals surface area contributed by atoms with E-state index in [1.54, 1.807) is 25.1 Å². The summed E-state index contributed by atoms with van der Waals surface area (Å²) in [6, 6.07) is 6.49. The van der Waals surface area contributed by atoms with Crippen LogP contribution >= 0.6 is 0 Å². The van der Waals surface area contributed by atoms with Gasteiger partial charge in [-0.05, 0) is 19.4 Å². The Morgan fingerprint density at radius 3 is 2.55 bits per heavy atom. The summed E-state index contributed by atoms with van der Waals surface area (Å²) in [6.45, 7) is 3.96. The van der Waals surface area contributed by atoms with Crippen LogP contribution in [0.2, 0.25) is 0 Å². The SMILES string of the molecule is CC(=O)CCCOCCOCCNc1ccccc1[N+](=O)[O-]. The molecule has 0 aliphatic heterocycles. The van der Waals surface area contributed by atoms with E-state index in [2.05, 4.69) is 5.32 Å². The van der Waals surface area contributed by atoms with Gasteiger partial charge in [0.1, 0.15) is 11.5 Å². The van der Waals surface area contributed by atoms with Crippen molar-refractivity contribution in [2.45, 2.75) is 19.8 Å². The third kappa shape index (κ3) is 7.70. The van der Waals surface area contributed by atoms with Crippen molar-refractivity contribution in [3.63, 3.8) is 0 Å². The van der Waals surface area contributed by atoms with Crippen LogP contribution in [0.15, 0.2) is 24.3 Å². The number of carbonyl (C=O) groups is 1. The van der Waals surface area contributed by atoms with Crippen molar-refractivity contribution in [1.29, 1.82) is 0 Å². The van der Waals surface area contributed by atoms with Crippen molar-refractivity contribution in [1.82, 2.24) is 0 Å². The third-order valence-corrected chi connectivity index (χ3v) is 2.85. The first-order valence-electron chi connectivity index (χ1n) is 7.23. The van der Waals surface area contributed by atoms with Crippen LogP contribution in [-0.4, -0.2) is 43.7 Å². The van der Waals surface area contributed by atoms with Crippen molar-refractivity contribution in [3.8, 4) is 0 Å². The van der Waals surface area contributed by atoms with Gasteiger partial charge in [0.2, 0.25) is 0 Å². The average Bonchev–Trinajstić information content (AvgIpc) is 2.49. The van der Waals surface area contributed by atoms with Crippen molar-refractivity contribution >= 4 is 17.2 Å². The number of nitro benzene ring substituents is 1. The van der Waals surface area contributed by atoms with Gasteiger partial charge in [-0.1, -0.05) is 12.1 Å². The van der Waals surface area contributed by atoms with E-state index in [1.807, 2.05) is 0 Å². The van der Waals surface area contributed by atoms with Crippen molar-refractivity contribution < 1.29 is 19.2 Å². The number of nitro groups is 1. The lowest BCUT2D eigenvalue weighted by Crippen LogP contribution is -2.13. The zero-order valence-corrected chi connectivity index (χ0v) is 12.7. The number of hydrogen-bond acceptors (Lipinski definition) is 6. The van der Waals surface area contributed by atoms with Crippen LogP contribution < -0.4 is 5.32 Å². The number of ether oxygens (including phenoxy) is 2. The van der Waals surface area contributed by atoms with Gasteiger partial charge in [-0.15, -0.1) is 0 Å². The molecule has 1 aromatic rings. The fourth-order valence-electron chi connectivity index (χ4n) is 1.79. The Labute approximate surface area is 129 Å². The number of Topliss-reactive ketones (excluding diaryl/α,β-unsaturated/α-hetero) is 1. The van der Waals surface area contributed by atoms with Gasteiger partial charge in [0.25, 0.3) is 5.69 Å². The van der Waals surface area contributed by atoms with Crippen LogP contribution in [0.5, 0.6) is 0 Å². The smallest absolute Gasteiger partial charge is 0.292 e. The highest BCUT2D eigenvalue weighted by Crippen LogP contribution is 2.22. The maximum absolute atomic E-state index is 10.8. The average molecular weight is 310 g/mol. The minimum absolute atomic E-state index is 0.0521. The summed E-state index contributed by atoms with van der Waals surface area (Å²) < 4.78 is 10.7.